The molecule has 0 aromatic heterocycles. The number of anilines is 2. The average molecular weight is 539 g/mol. The maximum absolute atomic E-state index is 13.4. The quantitative estimate of drug-likeness (QED) is 0.312. The first-order chi connectivity index (χ1) is 16.0. The van der Waals surface area contributed by atoms with Gasteiger partial charge < -0.3 is 5.32 Å². The van der Waals surface area contributed by atoms with Crippen LogP contribution in [-0.2, 0) is 16.0 Å². The van der Waals surface area contributed by atoms with Crippen molar-refractivity contribution in [3.8, 4) is 6.07 Å². The van der Waals surface area contributed by atoms with Crippen molar-refractivity contribution < 1.29 is 9.59 Å². The van der Waals surface area contributed by atoms with Crippen LogP contribution in [0.3, 0.4) is 0 Å². The van der Waals surface area contributed by atoms with Crippen LogP contribution >= 0.6 is 39.3 Å². The molecule has 1 heterocycles. The van der Waals surface area contributed by atoms with Gasteiger partial charge in [-0.05, 0) is 60.5 Å². The number of carbonyl (C=O) groups excluding carboxylic acids is 2. The smallest absolute Gasteiger partial charge is 0.269 e. The molecule has 0 saturated carbocycles. The van der Waals surface area contributed by atoms with E-state index in [0.717, 1.165) is 10.0 Å². The van der Waals surface area contributed by atoms with Gasteiger partial charge in [0.05, 0.1) is 5.25 Å². The molecule has 0 aliphatic carbocycles. The minimum atomic E-state index is -0.570. The predicted molar refractivity (Wildman–Crippen MR) is 136 cm³/mol. The monoisotopic (exact) mass is 537 g/mol. The fourth-order valence-electron chi connectivity index (χ4n) is 3.40. The van der Waals surface area contributed by atoms with Crippen molar-refractivity contribution in [2.24, 2.45) is 0 Å². The molecule has 0 bridgehead atoms. The van der Waals surface area contributed by atoms with E-state index in [2.05, 4.69) is 21.2 Å². The second kappa shape index (κ2) is 10.3. The largest absolute Gasteiger partial charge is 0.321 e. The molecule has 1 fully saturated rings. The van der Waals surface area contributed by atoms with Crippen LogP contribution in [0.25, 0.3) is 0 Å². The third-order valence-electron chi connectivity index (χ3n) is 4.93. The first-order valence-corrected chi connectivity index (χ1v) is 12.0. The summed E-state index contributed by atoms with van der Waals surface area (Å²) in [5.74, 6) is -0.759. The Bertz CT molecular complexity index is 1270. The molecule has 0 spiro atoms. The third-order valence-corrected chi connectivity index (χ3v) is 6.96. The summed E-state index contributed by atoms with van der Waals surface area (Å²) in [6.45, 7) is 0. The topological polar surface area (TPSA) is 73.2 Å². The van der Waals surface area contributed by atoms with E-state index in [4.69, 9.17) is 11.6 Å². The Morgan fingerprint density at radius 1 is 1.09 bits per heavy atom. The van der Waals surface area contributed by atoms with Gasteiger partial charge in [0.2, 0.25) is 5.91 Å². The molecule has 1 atom stereocenters. The van der Waals surface area contributed by atoms with Gasteiger partial charge in [-0.3, -0.25) is 14.5 Å². The highest BCUT2D eigenvalue weighted by molar-refractivity contribution is 9.10. The van der Waals surface area contributed by atoms with E-state index < -0.39 is 11.2 Å². The summed E-state index contributed by atoms with van der Waals surface area (Å²) in [5, 5.41) is 13.0. The maximum atomic E-state index is 13.4. The lowest BCUT2D eigenvalue weighted by molar-refractivity contribution is -0.117. The summed E-state index contributed by atoms with van der Waals surface area (Å²) in [6, 6.07) is 25.4. The summed E-state index contributed by atoms with van der Waals surface area (Å²) in [4.78, 5) is 27.9. The predicted octanol–water partition coefficient (Wildman–Crippen LogP) is 6.17. The number of thioether (sulfide) groups is 1. The maximum Gasteiger partial charge on any atom is 0.269 e. The van der Waals surface area contributed by atoms with E-state index in [1.807, 2.05) is 42.5 Å². The SMILES string of the molecule is N#C/C(C(=O)Nc1ccc(Br)cc1)=C1/S[C@@H](Cc2cccc(Cl)c2)C(=O)N1c1ccccc1. The molecule has 0 unspecified atom stereocenters. The van der Waals surface area contributed by atoms with Crippen molar-refractivity contribution in [3.63, 3.8) is 0 Å². The first kappa shape index (κ1) is 23.1. The Balaban J connectivity index is 1.71. The normalized spacial score (nSPS) is 16.9. The summed E-state index contributed by atoms with van der Waals surface area (Å²) in [7, 11) is 0. The lowest BCUT2D eigenvalue weighted by Crippen LogP contribution is -2.30. The van der Waals surface area contributed by atoms with Gasteiger partial charge in [0.1, 0.15) is 16.7 Å². The molecular weight excluding hydrogens is 522 g/mol. The van der Waals surface area contributed by atoms with Gasteiger partial charge in [0.25, 0.3) is 5.91 Å². The Kier molecular flexibility index (Phi) is 7.19. The number of carbonyl (C=O) groups is 2. The molecule has 2 amide bonds. The van der Waals surface area contributed by atoms with Gasteiger partial charge in [-0.15, -0.1) is 0 Å². The average Bonchev–Trinajstić information content (AvgIpc) is 3.12. The number of rotatable bonds is 5. The number of hydrogen-bond acceptors (Lipinski definition) is 4. The van der Waals surface area contributed by atoms with Gasteiger partial charge >= 0.3 is 0 Å². The van der Waals surface area contributed by atoms with Crippen LogP contribution in [0.1, 0.15) is 5.56 Å². The van der Waals surface area contributed by atoms with Crippen LogP contribution in [-0.4, -0.2) is 17.1 Å². The van der Waals surface area contributed by atoms with Crippen molar-refractivity contribution in [1.29, 1.82) is 5.26 Å². The summed E-state index contributed by atoms with van der Waals surface area (Å²) in [6.07, 6.45) is 0.421. The first-order valence-electron chi connectivity index (χ1n) is 9.97. The van der Waals surface area contributed by atoms with Gasteiger partial charge in [-0.25, -0.2) is 0 Å². The molecule has 3 aromatic carbocycles. The summed E-state index contributed by atoms with van der Waals surface area (Å²) in [5.41, 5.74) is 1.93. The van der Waals surface area contributed by atoms with Crippen molar-refractivity contribution in [2.45, 2.75) is 11.7 Å². The second-order valence-electron chi connectivity index (χ2n) is 7.20. The van der Waals surface area contributed by atoms with Crippen LogP contribution < -0.4 is 10.2 Å². The molecule has 1 aliphatic heterocycles. The zero-order valence-corrected chi connectivity index (χ0v) is 20.3. The summed E-state index contributed by atoms with van der Waals surface area (Å²) < 4.78 is 0.871. The van der Waals surface area contributed by atoms with E-state index in [9.17, 15) is 14.9 Å². The fraction of sp³-hybridized carbons (Fsp3) is 0.0800. The summed E-state index contributed by atoms with van der Waals surface area (Å²) >= 11 is 10.7. The van der Waals surface area contributed by atoms with Crippen LogP contribution in [0.15, 0.2) is 93.9 Å². The minimum absolute atomic E-state index is 0.117. The van der Waals surface area contributed by atoms with Crippen LogP contribution in [0.2, 0.25) is 5.02 Å². The Labute approximate surface area is 209 Å². The number of amides is 2. The molecule has 1 N–H and O–H groups in total. The molecule has 1 saturated heterocycles. The molecule has 1 aliphatic rings. The Morgan fingerprint density at radius 2 is 1.82 bits per heavy atom. The van der Waals surface area contributed by atoms with Crippen LogP contribution in [0, 0.1) is 11.3 Å². The number of nitrogens with zero attached hydrogens (tertiary/aromatic N) is 2. The third kappa shape index (κ3) is 5.31. The zero-order chi connectivity index (χ0) is 23.4. The zero-order valence-electron chi connectivity index (χ0n) is 17.2. The second-order valence-corrected chi connectivity index (χ2v) is 9.75. The lowest BCUT2D eigenvalue weighted by atomic mass is 10.1. The van der Waals surface area contributed by atoms with Crippen molar-refractivity contribution in [2.75, 3.05) is 10.2 Å². The van der Waals surface area contributed by atoms with Gasteiger partial charge in [-0.2, -0.15) is 5.26 Å². The molecule has 4 rings (SSSR count). The van der Waals surface area contributed by atoms with Crippen LogP contribution in [0.4, 0.5) is 11.4 Å². The fourth-order valence-corrected chi connectivity index (χ4v) is 5.19. The number of benzene rings is 3. The van der Waals surface area contributed by atoms with E-state index in [1.54, 1.807) is 42.5 Å². The highest BCUT2D eigenvalue weighted by atomic mass is 79.9. The molecule has 3 aromatic rings. The van der Waals surface area contributed by atoms with E-state index in [-0.39, 0.29) is 11.5 Å². The molecule has 8 heteroatoms. The molecule has 33 heavy (non-hydrogen) atoms. The Morgan fingerprint density at radius 3 is 2.48 bits per heavy atom. The standard InChI is InChI=1S/C25H17BrClN3O2S/c26-17-9-11-19(12-10-17)29-23(31)21(15-28)25-30(20-7-2-1-3-8-20)24(32)22(33-25)14-16-5-4-6-18(27)13-16/h1-13,22H,14H2,(H,29,31)/b25-21-/t22-/m0/s1. The molecule has 0 radical (unpaired) electrons. The number of para-hydroxylation sites is 1. The molecule has 5 nitrogen and oxygen atoms in total. The molecule has 164 valence electrons. The highest BCUT2D eigenvalue weighted by Gasteiger charge is 2.40. The minimum Gasteiger partial charge on any atom is -0.321 e. The lowest BCUT2D eigenvalue weighted by Gasteiger charge is -2.18. The Hall–Kier alpha value is -3.05. The van der Waals surface area contributed by atoms with Gasteiger partial charge in [-0.1, -0.05) is 69.6 Å². The van der Waals surface area contributed by atoms with Gasteiger partial charge in [0, 0.05) is 20.9 Å². The van der Waals surface area contributed by atoms with E-state index in [1.165, 1.54) is 16.7 Å². The van der Waals surface area contributed by atoms with Gasteiger partial charge in [0.15, 0.2) is 0 Å². The number of nitrogens with one attached hydrogen (secondary N) is 1. The van der Waals surface area contributed by atoms with Crippen molar-refractivity contribution in [1.82, 2.24) is 0 Å². The number of hydrogen-bond donors (Lipinski definition) is 1. The van der Waals surface area contributed by atoms with Crippen molar-refractivity contribution >= 4 is 62.5 Å². The number of nitriles is 1. The highest BCUT2D eigenvalue weighted by Crippen LogP contribution is 2.42. The van der Waals surface area contributed by atoms with E-state index >= 15 is 0 Å². The number of halogens is 2. The van der Waals surface area contributed by atoms with Crippen LogP contribution in [0.5, 0.6) is 0 Å². The molecular formula is C25H17BrClN3O2S. The van der Waals surface area contributed by atoms with Crippen molar-refractivity contribution in [3.05, 3.63) is 105 Å². The van der Waals surface area contributed by atoms with E-state index in [0.29, 0.717) is 27.8 Å².